The van der Waals surface area contributed by atoms with E-state index in [-0.39, 0.29) is 17.3 Å². The number of halogens is 1. The smallest absolute Gasteiger partial charge is 0.316 e. The minimum atomic E-state index is -3.08. The third-order valence-electron chi connectivity index (χ3n) is 3.32. The van der Waals surface area contributed by atoms with Crippen molar-refractivity contribution in [3.05, 3.63) is 29.3 Å². The first-order valence-corrected chi connectivity index (χ1v) is 10.2. The number of ether oxygens (including phenoxy) is 1. The highest BCUT2D eigenvalue weighted by Crippen LogP contribution is 2.21. The number of rotatable bonds is 5. The molecule has 1 saturated heterocycles. The molecule has 1 aliphatic heterocycles. The molecule has 0 spiro atoms. The number of hydrogen-bond acceptors (Lipinski definition) is 8. The van der Waals surface area contributed by atoms with Crippen molar-refractivity contribution in [2.24, 2.45) is 0 Å². The van der Waals surface area contributed by atoms with Crippen LogP contribution in [0.25, 0.3) is 5.69 Å². The van der Waals surface area contributed by atoms with Crippen LogP contribution >= 0.6 is 23.4 Å². The lowest BCUT2D eigenvalue weighted by Crippen LogP contribution is -2.20. The Hall–Kier alpha value is -1.65. The summed E-state index contributed by atoms with van der Waals surface area (Å²) in [6.45, 7) is 0. The number of thioether (sulfide) groups is 1. The van der Waals surface area contributed by atoms with Crippen LogP contribution in [-0.2, 0) is 19.4 Å². The third kappa shape index (κ3) is 4.25. The lowest BCUT2D eigenvalue weighted by molar-refractivity contribution is -0.144. The van der Waals surface area contributed by atoms with Crippen molar-refractivity contribution in [1.29, 1.82) is 0 Å². The summed E-state index contributed by atoms with van der Waals surface area (Å²) in [4.78, 5) is 11.9. The Bertz CT molecular complexity index is 838. The van der Waals surface area contributed by atoms with Gasteiger partial charge >= 0.3 is 5.97 Å². The standard InChI is InChI=1S/C13H13ClN4O4S2/c14-9-1-3-10(4-2-9)18-13(15-16-17-18)23-7-12(19)22-11-5-6-24(20,21)8-11/h1-4,11H,5-8H2/t11-/m0/s1. The van der Waals surface area contributed by atoms with Gasteiger partial charge in [0.2, 0.25) is 5.16 Å². The number of sulfone groups is 1. The molecule has 1 fully saturated rings. The van der Waals surface area contributed by atoms with Crippen molar-refractivity contribution >= 4 is 39.2 Å². The molecule has 1 aliphatic rings. The van der Waals surface area contributed by atoms with Crippen LogP contribution in [0.5, 0.6) is 0 Å². The van der Waals surface area contributed by atoms with Crippen LogP contribution in [0.2, 0.25) is 5.02 Å². The summed E-state index contributed by atoms with van der Waals surface area (Å²) in [6.07, 6.45) is -0.211. The molecule has 2 heterocycles. The molecule has 8 nitrogen and oxygen atoms in total. The molecule has 1 aromatic carbocycles. The van der Waals surface area contributed by atoms with Crippen LogP contribution in [0.3, 0.4) is 0 Å². The Morgan fingerprint density at radius 3 is 2.79 bits per heavy atom. The Labute approximate surface area is 147 Å². The molecular weight excluding hydrogens is 376 g/mol. The van der Waals surface area contributed by atoms with Crippen LogP contribution < -0.4 is 0 Å². The van der Waals surface area contributed by atoms with Gasteiger partial charge in [0.1, 0.15) is 6.10 Å². The van der Waals surface area contributed by atoms with E-state index >= 15 is 0 Å². The van der Waals surface area contributed by atoms with E-state index in [0.29, 0.717) is 22.3 Å². The van der Waals surface area contributed by atoms with Crippen molar-refractivity contribution in [2.75, 3.05) is 17.3 Å². The average molecular weight is 389 g/mol. The minimum Gasteiger partial charge on any atom is -0.461 e. The van der Waals surface area contributed by atoms with E-state index in [2.05, 4.69) is 15.5 Å². The van der Waals surface area contributed by atoms with E-state index in [0.717, 1.165) is 11.8 Å². The first kappa shape index (κ1) is 17.2. The minimum absolute atomic E-state index is 0.00941. The number of tetrazole rings is 1. The van der Waals surface area contributed by atoms with E-state index in [1.165, 1.54) is 4.68 Å². The molecule has 128 valence electrons. The topological polar surface area (TPSA) is 104 Å². The summed E-state index contributed by atoms with van der Waals surface area (Å²) >= 11 is 6.96. The van der Waals surface area contributed by atoms with Gasteiger partial charge < -0.3 is 4.74 Å². The lowest BCUT2D eigenvalue weighted by Gasteiger charge is -2.09. The second kappa shape index (κ2) is 7.08. The highest BCUT2D eigenvalue weighted by molar-refractivity contribution is 7.99. The van der Waals surface area contributed by atoms with Gasteiger partial charge in [0.05, 0.1) is 22.9 Å². The largest absolute Gasteiger partial charge is 0.461 e. The third-order valence-corrected chi connectivity index (χ3v) is 6.20. The van der Waals surface area contributed by atoms with E-state index < -0.39 is 21.9 Å². The van der Waals surface area contributed by atoms with Gasteiger partial charge in [-0.3, -0.25) is 4.79 Å². The van der Waals surface area contributed by atoms with Gasteiger partial charge in [-0.2, -0.15) is 4.68 Å². The summed E-state index contributed by atoms with van der Waals surface area (Å²) in [5, 5.41) is 12.4. The van der Waals surface area contributed by atoms with E-state index in [1.807, 2.05) is 0 Å². The van der Waals surface area contributed by atoms with Crippen LogP contribution in [0, 0.1) is 0 Å². The summed E-state index contributed by atoms with van der Waals surface area (Å²) < 4.78 is 29.4. The molecule has 11 heteroatoms. The van der Waals surface area contributed by atoms with Crippen molar-refractivity contribution in [1.82, 2.24) is 20.2 Å². The molecule has 3 rings (SSSR count). The predicted octanol–water partition coefficient (Wildman–Crippen LogP) is 1.14. The molecule has 0 radical (unpaired) electrons. The zero-order valence-electron chi connectivity index (χ0n) is 12.3. The average Bonchev–Trinajstić information content (AvgIpc) is 3.12. The first-order chi connectivity index (χ1) is 11.4. The molecule has 0 amide bonds. The van der Waals surface area contributed by atoms with Gasteiger partial charge in [0.15, 0.2) is 9.84 Å². The first-order valence-electron chi connectivity index (χ1n) is 7.00. The van der Waals surface area contributed by atoms with Crippen molar-refractivity contribution in [2.45, 2.75) is 17.7 Å². The van der Waals surface area contributed by atoms with E-state index in [4.69, 9.17) is 16.3 Å². The fourth-order valence-electron chi connectivity index (χ4n) is 2.21. The molecule has 0 saturated carbocycles. The van der Waals surface area contributed by atoms with Crippen LogP contribution in [0.15, 0.2) is 29.4 Å². The fraction of sp³-hybridized carbons (Fsp3) is 0.385. The Morgan fingerprint density at radius 1 is 1.38 bits per heavy atom. The number of hydrogen-bond donors (Lipinski definition) is 0. The molecule has 2 aromatic rings. The predicted molar refractivity (Wildman–Crippen MR) is 88.0 cm³/mol. The fourth-order valence-corrected chi connectivity index (χ4v) is 4.60. The normalized spacial score (nSPS) is 19.3. The van der Waals surface area contributed by atoms with Gasteiger partial charge in [-0.1, -0.05) is 23.4 Å². The maximum Gasteiger partial charge on any atom is 0.316 e. The lowest BCUT2D eigenvalue weighted by atomic mass is 10.3. The molecule has 1 atom stereocenters. The monoisotopic (exact) mass is 388 g/mol. The number of carbonyl (C=O) groups is 1. The zero-order chi connectivity index (χ0) is 17.2. The van der Waals surface area contributed by atoms with Crippen LogP contribution in [0.1, 0.15) is 6.42 Å². The molecular formula is C13H13ClN4O4S2. The summed E-state index contributed by atoms with van der Waals surface area (Å²) in [5.41, 5.74) is 0.710. The molecule has 1 aromatic heterocycles. The molecule has 0 aliphatic carbocycles. The maximum absolute atomic E-state index is 11.9. The quantitative estimate of drug-likeness (QED) is 0.554. The number of esters is 1. The summed E-state index contributed by atoms with van der Waals surface area (Å²) in [6, 6.07) is 6.93. The number of aromatic nitrogens is 4. The second-order valence-electron chi connectivity index (χ2n) is 5.15. The number of carbonyl (C=O) groups excluding carboxylic acids is 1. The molecule has 0 bridgehead atoms. The number of benzene rings is 1. The number of nitrogens with zero attached hydrogens (tertiary/aromatic N) is 4. The van der Waals surface area contributed by atoms with Gasteiger partial charge in [-0.15, -0.1) is 5.10 Å². The summed E-state index contributed by atoms with van der Waals surface area (Å²) in [7, 11) is -3.08. The zero-order valence-corrected chi connectivity index (χ0v) is 14.7. The second-order valence-corrected chi connectivity index (χ2v) is 8.76. The van der Waals surface area contributed by atoms with Crippen molar-refractivity contribution < 1.29 is 17.9 Å². The Morgan fingerprint density at radius 2 is 2.12 bits per heavy atom. The van der Waals surface area contributed by atoms with E-state index in [1.54, 1.807) is 24.3 Å². The van der Waals surface area contributed by atoms with Gasteiger partial charge in [-0.25, -0.2) is 8.42 Å². The van der Waals surface area contributed by atoms with Gasteiger partial charge in [-0.05, 0) is 41.1 Å². The van der Waals surface area contributed by atoms with Crippen LogP contribution in [0.4, 0.5) is 0 Å². The summed E-state index contributed by atoms with van der Waals surface area (Å²) in [5.74, 6) is -0.545. The van der Waals surface area contributed by atoms with Gasteiger partial charge in [0.25, 0.3) is 0 Å². The molecule has 0 N–H and O–H groups in total. The Kier molecular flexibility index (Phi) is 5.07. The SMILES string of the molecule is O=C(CSc1nnnn1-c1ccc(Cl)cc1)O[C@H]1CCS(=O)(=O)C1. The highest BCUT2D eigenvalue weighted by Gasteiger charge is 2.30. The molecule has 24 heavy (non-hydrogen) atoms. The van der Waals surface area contributed by atoms with E-state index in [9.17, 15) is 13.2 Å². The Balaban J connectivity index is 1.58. The van der Waals surface area contributed by atoms with Crippen molar-refractivity contribution in [3.8, 4) is 5.69 Å². The van der Waals surface area contributed by atoms with Gasteiger partial charge in [0, 0.05) is 5.02 Å². The maximum atomic E-state index is 11.9. The van der Waals surface area contributed by atoms with Crippen molar-refractivity contribution in [3.63, 3.8) is 0 Å². The molecule has 0 unspecified atom stereocenters. The van der Waals surface area contributed by atoms with Crippen LogP contribution in [-0.4, -0.2) is 58.0 Å². The highest BCUT2D eigenvalue weighted by atomic mass is 35.5.